The molecular formula is C9H15O2. The molecule has 1 saturated carbocycles. The normalized spacial score (nSPS) is 18.6. The van der Waals surface area contributed by atoms with Gasteiger partial charge in [-0.25, -0.2) is 0 Å². The number of ether oxygens (including phenoxy) is 1. The molecule has 1 aliphatic carbocycles. The van der Waals surface area contributed by atoms with Gasteiger partial charge in [0.2, 0.25) is 0 Å². The largest absolute Gasteiger partial charge is 0.459 e. The number of hydrogen-bond acceptors (Lipinski definition) is 2. The van der Waals surface area contributed by atoms with Gasteiger partial charge in [0.1, 0.15) is 6.61 Å². The summed E-state index contributed by atoms with van der Waals surface area (Å²) in [5.74, 6) is 0.529. The third-order valence-electron chi connectivity index (χ3n) is 2.18. The summed E-state index contributed by atoms with van der Waals surface area (Å²) in [6, 6.07) is 0. The van der Waals surface area contributed by atoms with E-state index in [0.29, 0.717) is 12.3 Å². The lowest BCUT2D eigenvalue weighted by Gasteiger charge is -2.06. The van der Waals surface area contributed by atoms with Gasteiger partial charge >= 0.3 is 5.97 Å². The Morgan fingerprint density at radius 2 is 2.18 bits per heavy atom. The summed E-state index contributed by atoms with van der Waals surface area (Å²) in [4.78, 5) is 10.9. The van der Waals surface area contributed by atoms with Crippen molar-refractivity contribution >= 4 is 5.97 Å². The third-order valence-corrected chi connectivity index (χ3v) is 2.18. The van der Waals surface area contributed by atoms with Crippen LogP contribution in [0.5, 0.6) is 0 Å². The Labute approximate surface area is 67.9 Å². The summed E-state index contributed by atoms with van der Waals surface area (Å²) in [5.41, 5.74) is 0. The van der Waals surface area contributed by atoms with Gasteiger partial charge in [0.25, 0.3) is 0 Å². The molecule has 0 heterocycles. The minimum absolute atomic E-state index is 0.0700. The van der Waals surface area contributed by atoms with Crippen LogP contribution < -0.4 is 0 Å². The summed E-state index contributed by atoms with van der Waals surface area (Å²) in [6.45, 7) is 3.18. The standard InChI is InChI=1S/C9H15O2/c1-2-11-9(10)7-8-5-3-4-6-8/h2,8H,3-7H2,1H3. The van der Waals surface area contributed by atoms with Crippen molar-refractivity contribution in [2.24, 2.45) is 5.92 Å². The molecule has 0 aromatic rings. The molecule has 0 saturated heterocycles. The highest BCUT2D eigenvalue weighted by molar-refractivity contribution is 5.70. The van der Waals surface area contributed by atoms with Crippen LogP contribution in [0.4, 0.5) is 0 Å². The van der Waals surface area contributed by atoms with Crippen LogP contribution in [0.3, 0.4) is 0 Å². The van der Waals surface area contributed by atoms with Crippen LogP contribution in [-0.2, 0) is 9.53 Å². The Morgan fingerprint density at radius 3 is 2.73 bits per heavy atom. The first-order chi connectivity index (χ1) is 5.33. The van der Waals surface area contributed by atoms with Crippen molar-refractivity contribution in [3.05, 3.63) is 6.61 Å². The average Bonchev–Trinajstić information content (AvgIpc) is 2.40. The van der Waals surface area contributed by atoms with Crippen LogP contribution in [-0.4, -0.2) is 5.97 Å². The maximum Gasteiger partial charge on any atom is 0.306 e. The van der Waals surface area contributed by atoms with Crippen LogP contribution >= 0.6 is 0 Å². The van der Waals surface area contributed by atoms with Gasteiger partial charge in [0, 0.05) is 6.42 Å². The first-order valence-electron chi connectivity index (χ1n) is 4.30. The van der Waals surface area contributed by atoms with E-state index >= 15 is 0 Å². The molecule has 63 valence electrons. The summed E-state index contributed by atoms with van der Waals surface area (Å²) in [7, 11) is 0. The Bertz CT molecular complexity index is 126. The van der Waals surface area contributed by atoms with Gasteiger partial charge in [0.05, 0.1) is 0 Å². The molecule has 0 aromatic heterocycles. The average molecular weight is 155 g/mol. The SMILES string of the molecule is C[CH]OC(=O)CC1CCCC1. The van der Waals surface area contributed by atoms with Gasteiger partial charge in [-0.3, -0.25) is 4.79 Å². The second-order valence-electron chi connectivity index (χ2n) is 3.08. The van der Waals surface area contributed by atoms with Crippen molar-refractivity contribution in [1.29, 1.82) is 0 Å². The van der Waals surface area contributed by atoms with Crippen molar-refractivity contribution in [3.8, 4) is 0 Å². The fourth-order valence-corrected chi connectivity index (χ4v) is 1.63. The first-order valence-corrected chi connectivity index (χ1v) is 4.30. The summed E-state index contributed by atoms with van der Waals surface area (Å²) in [6.07, 6.45) is 5.60. The van der Waals surface area contributed by atoms with Crippen LogP contribution in [0.15, 0.2) is 0 Å². The van der Waals surface area contributed by atoms with Crippen LogP contribution in [0.25, 0.3) is 0 Å². The summed E-state index contributed by atoms with van der Waals surface area (Å²) >= 11 is 0. The van der Waals surface area contributed by atoms with Crippen molar-refractivity contribution in [1.82, 2.24) is 0 Å². The molecule has 1 aliphatic rings. The molecule has 2 heteroatoms. The molecular weight excluding hydrogens is 140 g/mol. The molecule has 0 atom stereocenters. The molecule has 0 aliphatic heterocycles. The van der Waals surface area contributed by atoms with Crippen molar-refractivity contribution in [2.45, 2.75) is 39.0 Å². The smallest absolute Gasteiger partial charge is 0.306 e. The fourth-order valence-electron chi connectivity index (χ4n) is 1.63. The molecule has 11 heavy (non-hydrogen) atoms. The summed E-state index contributed by atoms with van der Waals surface area (Å²) in [5, 5.41) is 0. The predicted molar refractivity (Wildman–Crippen MR) is 42.6 cm³/mol. The van der Waals surface area contributed by atoms with Crippen LogP contribution in [0, 0.1) is 12.5 Å². The minimum Gasteiger partial charge on any atom is -0.459 e. The minimum atomic E-state index is -0.0700. The van der Waals surface area contributed by atoms with Crippen molar-refractivity contribution in [3.63, 3.8) is 0 Å². The second-order valence-corrected chi connectivity index (χ2v) is 3.08. The maximum absolute atomic E-state index is 10.9. The van der Waals surface area contributed by atoms with E-state index in [1.807, 2.05) is 0 Å². The van der Waals surface area contributed by atoms with E-state index in [1.54, 1.807) is 6.92 Å². The lowest BCUT2D eigenvalue weighted by Crippen LogP contribution is -2.07. The Morgan fingerprint density at radius 1 is 1.55 bits per heavy atom. The number of carbonyl (C=O) groups excluding carboxylic acids is 1. The van der Waals surface area contributed by atoms with E-state index in [-0.39, 0.29) is 5.97 Å². The zero-order valence-corrected chi connectivity index (χ0v) is 7.01. The third kappa shape index (κ3) is 2.91. The van der Waals surface area contributed by atoms with Crippen LogP contribution in [0.1, 0.15) is 39.0 Å². The van der Waals surface area contributed by atoms with E-state index in [1.165, 1.54) is 32.3 Å². The van der Waals surface area contributed by atoms with E-state index < -0.39 is 0 Å². The topological polar surface area (TPSA) is 26.3 Å². The van der Waals surface area contributed by atoms with Gasteiger partial charge in [-0.1, -0.05) is 12.8 Å². The van der Waals surface area contributed by atoms with Gasteiger partial charge in [-0.05, 0) is 25.7 Å². The first kappa shape index (κ1) is 8.57. The van der Waals surface area contributed by atoms with E-state index in [0.717, 1.165) is 0 Å². The molecule has 2 nitrogen and oxygen atoms in total. The van der Waals surface area contributed by atoms with Crippen molar-refractivity contribution in [2.75, 3.05) is 0 Å². The van der Waals surface area contributed by atoms with E-state index in [4.69, 9.17) is 4.74 Å². The number of rotatable bonds is 3. The zero-order chi connectivity index (χ0) is 8.10. The molecule has 0 amide bonds. The molecule has 0 aromatic carbocycles. The lowest BCUT2D eigenvalue weighted by atomic mass is 10.1. The van der Waals surface area contributed by atoms with Crippen molar-refractivity contribution < 1.29 is 9.53 Å². The molecule has 0 N–H and O–H groups in total. The highest BCUT2D eigenvalue weighted by atomic mass is 16.5. The molecule has 1 radical (unpaired) electrons. The molecule has 1 rings (SSSR count). The predicted octanol–water partition coefficient (Wildman–Crippen LogP) is 2.29. The second kappa shape index (κ2) is 4.37. The van der Waals surface area contributed by atoms with Gasteiger partial charge in [-0.15, -0.1) is 0 Å². The van der Waals surface area contributed by atoms with Gasteiger partial charge in [-0.2, -0.15) is 0 Å². The Hall–Kier alpha value is -0.530. The summed E-state index contributed by atoms with van der Waals surface area (Å²) < 4.78 is 4.74. The molecule has 1 fully saturated rings. The lowest BCUT2D eigenvalue weighted by molar-refractivity contribution is -0.141. The Kier molecular flexibility index (Phi) is 3.40. The van der Waals surface area contributed by atoms with Gasteiger partial charge < -0.3 is 4.74 Å². The number of hydrogen-bond donors (Lipinski definition) is 0. The van der Waals surface area contributed by atoms with E-state index in [9.17, 15) is 4.79 Å². The van der Waals surface area contributed by atoms with Crippen LogP contribution in [0.2, 0.25) is 0 Å². The fraction of sp³-hybridized carbons (Fsp3) is 0.778. The quantitative estimate of drug-likeness (QED) is 0.584. The zero-order valence-electron chi connectivity index (χ0n) is 7.01. The highest BCUT2D eigenvalue weighted by Gasteiger charge is 2.18. The molecule has 0 spiro atoms. The maximum atomic E-state index is 10.9. The molecule has 0 bridgehead atoms. The highest BCUT2D eigenvalue weighted by Crippen LogP contribution is 2.27. The number of esters is 1. The number of carbonyl (C=O) groups is 1. The van der Waals surface area contributed by atoms with E-state index in [2.05, 4.69) is 0 Å². The molecule has 0 unspecified atom stereocenters. The Balaban J connectivity index is 2.13. The monoisotopic (exact) mass is 155 g/mol. The van der Waals surface area contributed by atoms with Gasteiger partial charge in [0.15, 0.2) is 0 Å².